The summed E-state index contributed by atoms with van der Waals surface area (Å²) in [5, 5.41) is 9.55. The molecule has 144 valence electrons. The summed E-state index contributed by atoms with van der Waals surface area (Å²) in [5.41, 5.74) is 0. The smallest absolute Gasteiger partial charge is 0.134 e. The minimum Gasteiger partial charge on any atom is -0.490 e. The van der Waals surface area contributed by atoms with Gasteiger partial charge in [-0.3, -0.25) is 0 Å². The number of aliphatic hydroxyl groups excluding tert-OH is 1. The number of rotatable bonds is 5. The van der Waals surface area contributed by atoms with E-state index in [2.05, 4.69) is 19.8 Å². The van der Waals surface area contributed by atoms with Crippen LogP contribution in [0.5, 0.6) is 5.75 Å². The van der Waals surface area contributed by atoms with Crippen LogP contribution in [-0.4, -0.2) is 53.5 Å². The highest BCUT2D eigenvalue weighted by Gasteiger charge is 2.26. The van der Waals surface area contributed by atoms with Crippen molar-refractivity contribution >= 4 is 11.6 Å². The highest BCUT2D eigenvalue weighted by Crippen LogP contribution is 2.27. The van der Waals surface area contributed by atoms with E-state index in [1.807, 2.05) is 6.07 Å². The van der Waals surface area contributed by atoms with Crippen LogP contribution in [0.4, 0.5) is 16.0 Å². The Bertz CT molecular complexity index is 750. The van der Waals surface area contributed by atoms with Gasteiger partial charge in [0.15, 0.2) is 0 Å². The van der Waals surface area contributed by atoms with Gasteiger partial charge >= 0.3 is 0 Å². The summed E-state index contributed by atoms with van der Waals surface area (Å²) >= 11 is 0. The lowest BCUT2D eigenvalue weighted by molar-refractivity contribution is 0.170. The van der Waals surface area contributed by atoms with Crippen LogP contribution >= 0.6 is 0 Å². The third-order valence-electron chi connectivity index (χ3n) is 5.40. The first-order valence-electron chi connectivity index (χ1n) is 9.59. The predicted octanol–water partition coefficient (Wildman–Crippen LogP) is 2.62. The van der Waals surface area contributed by atoms with Crippen LogP contribution in [0, 0.1) is 5.82 Å². The number of anilines is 2. The number of hydrogen-bond donors (Lipinski definition) is 1. The molecule has 1 N–H and O–H groups in total. The normalized spacial score (nSPS) is 20.9. The summed E-state index contributed by atoms with van der Waals surface area (Å²) < 4.78 is 19.0. The molecule has 1 atom stereocenters. The fourth-order valence-electron chi connectivity index (χ4n) is 3.90. The summed E-state index contributed by atoms with van der Waals surface area (Å²) in [6, 6.07) is 8.37. The molecule has 2 aliphatic rings. The van der Waals surface area contributed by atoms with Gasteiger partial charge in [-0.25, -0.2) is 14.4 Å². The van der Waals surface area contributed by atoms with Crippen molar-refractivity contribution < 1.29 is 14.2 Å². The van der Waals surface area contributed by atoms with Gasteiger partial charge in [0.25, 0.3) is 0 Å². The molecule has 0 aliphatic carbocycles. The van der Waals surface area contributed by atoms with E-state index in [0.717, 1.165) is 57.0 Å². The molecule has 2 fully saturated rings. The van der Waals surface area contributed by atoms with Gasteiger partial charge in [-0.05, 0) is 37.1 Å². The summed E-state index contributed by atoms with van der Waals surface area (Å²) in [6.07, 6.45) is 5.60. The Labute approximate surface area is 158 Å². The predicted molar refractivity (Wildman–Crippen MR) is 102 cm³/mol. The SMILES string of the molecule is OCC1CCCN1c1cc(N2CCC(Oc3ccc(F)cc3)CC2)ncn1. The number of benzene rings is 1. The Hall–Kier alpha value is -2.41. The maximum atomic E-state index is 13.0. The van der Waals surface area contributed by atoms with Crippen LogP contribution in [-0.2, 0) is 0 Å². The molecule has 1 unspecified atom stereocenters. The Balaban J connectivity index is 1.37. The molecule has 3 heterocycles. The molecule has 0 bridgehead atoms. The fraction of sp³-hybridized carbons (Fsp3) is 0.500. The Kier molecular flexibility index (Phi) is 5.38. The van der Waals surface area contributed by atoms with Gasteiger partial charge in [0.05, 0.1) is 12.6 Å². The van der Waals surface area contributed by atoms with Crippen LogP contribution in [0.1, 0.15) is 25.7 Å². The summed E-state index contributed by atoms with van der Waals surface area (Å²) in [7, 11) is 0. The van der Waals surface area contributed by atoms with Gasteiger partial charge in [0, 0.05) is 38.5 Å². The van der Waals surface area contributed by atoms with Crippen molar-refractivity contribution in [3.8, 4) is 5.75 Å². The second-order valence-electron chi connectivity index (χ2n) is 7.16. The van der Waals surface area contributed by atoms with Gasteiger partial charge in [-0.15, -0.1) is 0 Å². The van der Waals surface area contributed by atoms with E-state index >= 15 is 0 Å². The zero-order chi connectivity index (χ0) is 18.6. The van der Waals surface area contributed by atoms with Gasteiger partial charge in [0.2, 0.25) is 0 Å². The number of aliphatic hydroxyl groups is 1. The molecule has 27 heavy (non-hydrogen) atoms. The molecular weight excluding hydrogens is 347 g/mol. The lowest BCUT2D eigenvalue weighted by Gasteiger charge is -2.33. The highest BCUT2D eigenvalue weighted by atomic mass is 19.1. The van der Waals surface area contributed by atoms with E-state index < -0.39 is 0 Å². The molecule has 0 saturated carbocycles. The molecule has 1 aromatic carbocycles. The second-order valence-corrected chi connectivity index (χ2v) is 7.16. The molecular formula is C20H25FN4O2. The molecule has 6 nitrogen and oxygen atoms in total. The highest BCUT2D eigenvalue weighted by molar-refractivity contribution is 5.51. The van der Waals surface area contributed by atoms with Crippen LogP contribution < -0.4 is 14.5 Å². The fourth-order valence-corrected chi connectivity index (χ4v) is 3.90. The van der Waals surface area contributed by atoms with Gasteiger partial charge in [-0.2, -0.15) is 0 Å². The van der Waals surface area contributed by atoms with Crippen LogP contribution in [0.25, 0.3) is 0 Å². The van der Waals surface area contributed by atoms with Gasteiger partial charge in [-0.1, -0.05) is 0 Å². The molecule has 0 spiro atoms. The van der Waals surface area contributed by atoms with Crippen molar-refractivity contribution in [2.75, 3.05) is 36.0 Å². The van der Waals surface area contributed by atoms with Gasteiger partial charge in [0.1, 0.15) is 35.6 Å². The number of piperidine rings is 1. The van der Waals surface area contributed by atoms with E-state index in [9.17, 15) is 9.50 Å². The van der Waals surface area contributed by atoms with Crippen molar-refractivity contribution in [1.29, 1.82) is 0 Å². The van der Waals surface area contributed by atoms with Crippen LogP contribution in [0.15, 0.2) is 36.7 Å². The summed E-state index contributed by atoms with van der Waals surface area (Å²) in [5.74, 6) is 2.27. The average molecular weight is 372 g/mol. The standard InChI is InChI=1S/C20H25FN4O2/c21-15-3-5-17(6-4-15)27-18-7-10-24(11-8-18)19-12-20(23-14-22-19)25-9-1-2-16(25)13-26/h3-6,12,14,16,18,26H,1-2,7-11,13H2. The van der Waals surface area contributed by atoms with Crippen LogP contribution in [0.3, 0.4) is 0 Å². The second kappa shape index (κ2) is 8.08. The van der Waals surface area contributed by atoms with Gasteiger partial charge < -0.3 is 19.6 Å². The third kappa shape index (κ3) is 4.13. The number of halogens is 1. The third-order valence-corrected chi connectivity index (χ3v) is 5.40. The number of nitrogens with zero attached hydrogens (tertiary/aromatic N) is 4. The topological polar surface area (TPSA) is 61.7 Å². The summed E-state index contributed by atoms with van der Waals surface area (Å²) in [4.78, 5) is 13.3. The van der Waals surface area contributed by atoms with Crippen molar-refractivity contribution in [2.45, 2.75) is 37.8 Å². The molecule has 2 aliphatic heterocycles. The quantitative estimate of drug-likeness (QED) is 0.871. The molecule has 7 heteroatoms. The lowest BCUT2D eigenvalue weighted by Crippen LogP contribution is -2.39. The first kappa shape index (κ1) is 18.0. The Morgan fingerprint density at radius 2 is 1.78 bits per heavy atom. The van der Waals surface area contributed by atoms with E-state index in [0.29, 0.717) is 5.75 Å². The maximum absolute atomic E-state index is 13.0. The molecule has 2 aromatic rings. The Morgan fingerprint density at radius 1 is 1.04 bits per heavy atom. The molecule has 1 aromatic heterocycles. The van der Waals surface area contributed by atoms with Crippen molar-refractivity contribution in [2.24, 2.45) is 0 Å². The maximum Gasteiger partial charge on any atom is 0.134 e. The lowest BCUT2D eigenvalue weighted by atomic mass is 10.1. The number of ether oxygens (including phenoxy) is 1. The van der Waals surface area contributed by atoms with E-state index in [1.165, 1.54) is 12.1 Å². The monoisotopic (exact) mass is 372 g/mol. The number of aromatic nitrogens is 2. The van der Waals surface area contributed by atoms with E-state index in [1.54, 1.807) is 18.5 Å². The first-order valence-corrected chi connectivity index (χ1v) is 9.59. The Morgan fingerprint density at radius 3 is 2.52 bits per heavy atom. The van der Waals surface area contributed by atoms with Crippen molar-refractivity contribution in [3.05, 3.63) is 42.5 Å². The minimum atomic E-state index is -0.252. The number of hydrogen-bond acceptors (Lipinski definition) is 6. The van der Waals surface area contributed by atoms with Crippen LogP contribution in [0.2, 0.25) is 0 Å². The van der Waals surface area contributed by atoms with Crippen molar-refractivity contribution in [3.63, 3.8) is 0 Å². The zero-order valence-corrected chi connectivity index (χ0v) is 15.3. The molecule has 2 saturated heterocycles. The summed E-state index contributed by atoms with van der Waals surface area (Å²) in [6.45, 7) is 2.79. The molecule has 0 amide bonds. The molecule has 0 radical (unpaired) electrons. The molecule has 4 rings (SSSR count). The van der Waals surface area contributed by atoms with E-state index in [-0.39, 0.29) is 24.6 Å². The first-order chi connectivity index (χ1) is 13.2. The van der Waals surface area contributed by atoms with E-state index in [4.69, 9.17) is 4.74 Å². The largest absolute Gasteiger partial charge is 0.490 e. The minimum absolute atomic E-state index is 0.130. The van der Waals surface area contributed by atoms with Crippen molar-refractivity contribution in [1.82, 2.24) is 9.97 Å². The zero-order valence-electron chi connectivity index (χ0n) is 15.3. The average Bonchev–Trinajstić information content (AvgIpc) is 3.19.